The van der Waals surface area contributed by atoms with Gasteiger partial charge in [0.2, 0.25) is 0 Å². The molecule has 1 aromatic heterocycles. The van der Waals surface area contributed by atoms with Crippen molar-refractivity contribution in [3.05, 3.63) is 77.1 Å². The molecule has 1 saturated heterocycles. The monoisotopic (exact) mass is 557 g/mol. The summed E-state index contributed by atoms with van der Waals surface area (Å²) in [6.45, 7) is 14.9. The molecule has 3 N–H and O–H groups in total. The van der Waals surface area contributed by atoms with Crippen molar-refractivity contribution in [3.8, 4) is 0 Å². The van der Waals surface area contributed by atoms with E-state index in [0.29, 0.717) is 18.4 Å². The number of anilines is 1. The van der Waals surface area contributed by atoms with Gasteiger partial charge in [0.05, 0.1) is 18.8 Å². The Morgan fingerprint density at radius 1 is 1.05 bits per heavy atom. The maximum Gasteiger partial charge on any atom is 0.153 e. The van der Waals surface area contributed by atoms with Crippen molar-refractivity contribution in [1.29, 1.82) is 0 Å². The Bertz CT molecular complexity index is 1380. The van der Waals surface area contributed by atoms with Crippen LogP contribution in [0, 0.1) is 11.8 Å². The van der Waals surface area contributed by atoms with Crippen LogP contribution in [0.25, 0.3) is 10.9 Å². The summed E-state index contributed by atoms with van der Waals surface area (Å²) in [5, 5.41) is 12.4. The van der Waals surface area contributed by atoms with Crippen LogP contribution in [0.3, 0.4) is 0 Å². The van der Waals surface area contributed by atoms with E-state index < -0.39 is 0 Å². The Labute approximate surface area is 248 Å². The molecule has 4 atom stereocenters. The van der Waals surface area contributed by atoms with Crippen molar-refractivity contribution in [1.82, 2.24) is 20.1 Å². The molecule has 1 aliphatic carbocycles. The summed E-state index contributed by atoms with van der Waals surface area (Å²) in [5.41, 5.74) is 7.51. The van der Waals surface area contributed by atoms with Gasteiger partial charge in [0.25, 0.3) is 0 Å². The van der Waals surface area contributed by atoms with Gasteiger partial charge in [-0.25, -0.2) is 0 Å². The Hall–Kier alpha value is -2.80. The fraction of sp³-hybridized carbons (Fsp3) is 0.543. The smallest absolute Gasteiger partial charge is 0.153 e. The Morgan fingerprint density at radius 3 is 2.76 bits per heavy atom. The highest BCUT2D eigenvalue weighted by atomic mass is 16.5. The molecular formula is C35H51N5O. The summed E-state index contributed by atoms with van der Waals surface area (Å²) >= 11 is 0. The largest absolute Gasteiger partial charge is 0.376 e. The van der Waals surface area contributed by atoms with Gasteiger partial charge in [-0.3, -0.25) is 5.32 Å². The standard InChI is InChI=1S/C33H43N5O.C2H6.H2/c1-23-19-34-32-35-30-10-8-24(6-5-14-37-12-3-4-13-37)28(17-30)22-39-21-27-16-26(27)20-38-15-11-25-7-9-29(18-31(25)38)33(23,2)36-32;1-2;/h7-11,15,17-19,26-27,32,34-36H,3-6,12-14,16,20-22H2,1-2H3;1-2H3;1H. The van der Waals surface area contributed by atoms with Crippen LogP contribution >= 0.6 is 0 Å². The minimum Gasteiger partial charge on any atom is -0.376 e. The minimum atomic E-state index is -0.274. The van der Waals surface area contributed by atoms with Crippen LogP contribution < -0.4 is 16.0 Å². The second-order valence-corrected chi connectivity index (χ2v) is 12.5. The molecule has 1 saturated carbocycles. The van der Waals surface area contributed by atoms with E-state index in [1.807, 2.05) is 13.8 Å². The first kappa shape index (κ1) is 28.3. The topological polar surface area (TPSA) is 53.5 Å². The van der Waals surface area contributed by atoms with Crippen molar-refractivity contribution >= 4 is 16.6 Å². The predicted octanol–water partition coefficient (Wildman–Crippen LogP) is 6.82. The molecule has 6 heteroatoms. The van der Waals surface area contributed by atoms with E-state index in [-0.39, 0.29) is 13.3 Å². The number of benzene rings is 2. The summed E-state index contributed by atoms with van der Waals surface area (Å²) < 4.78 is 8.85. The summed E-state index contributed by atoms with van der Waals surface area (Å²) in [5.74, 6) is 1.36. The predicted molar refractivity (Wildman–Crippen MR) is 172 cm³/mol. The third-order valence-corrected chi connectivity index (χ3v) is 9.77. The molecular weight excluding hydrogens is 506 g/mol. The molecule has 2 aromatic carbocycles. The Morgan fingerprint density at radius 2 is 1.90 bits per heavy atom. The van der Waals surface area contributed by atoms with Gasteiger partial charge in [0, 0.05) is 31.6 Å². The molecule has 4 unspecified atom stereocenters. The molecule has 4 aliphatic rings. The van der Waals surface area contributed by atoms with Gasteiger partial charge in [0.15, 0.2) is 6.29 Å². The van der Waals surface area contributed by atoms with Crippen LogP contribution in [0.1, 0.15) is 71.5 Å². The van der Waals surface area contributed by atoms with Gasteiger partial charge >= 0.3 is 0 Å². The van der Waals surface area contributed by atoms with E-state index >= 15 is 0 Å². The van der Waals surface area contributed by atoms with Gasteiger partial charge in [-0.2, -0.15) is 0 Å². The molecule has 0 radical (unpaired) electrons. The lowest BCUT2D eigenvalue weighted by Crippen LogP contribution is -2.58. The number of ether oxygens (including phenoxy) is 1. The number of hydrogen-bond acceptors (Lipinski definition) is 5. The quantitative estimate of drug-likeness (QED) is 0.329. The number of nitrogens with zero attached hydrogens (tertiary/aromatic N) is 2. The van der Waals surface area contributed by atoms with Gasteiger partial charge in [0.1, 0.15) is 0 Å². The van der Waals surface area contributed by atoms with Crippen LogP contribution in [0.15, 0.2) is 60.4 Å². The molecule has 41 heavy (non-hydrogen) atoms. The molecule has 3 aromatic rings. The number of rotatable bonds is 4. The second kappa shape index (κ2) is 12.2. The number of likely N-dealkylation sites (tertiary alicyclic amines) is 1. The number of hydrogen-bond donors (Lipinski definition) is 3. The molecule has 6 nitrogen and oxygen atoms in total. The highest BCUT2D eigenvalue weighted by molar-refractivity contribution is 5.81. The van der Waals surface area contributed by atoms with Gasteiger partial charge in [-0.05, 0) is 129 Å². The number of aromatic nitrogens is 1. The van der Waals surface area contributed by atoms with Gasteiger partial charge in [-0.1, -0.05) is 32.0 Å². The molecule has 4 heterocycles. The maximum absolute atomic E-state index is 6.39. The summed E-state index contributed by atoms with van der Waals surface area (Å²) in [7, 11) is 0. The highest BCUT2D eigenvalue weighted by Gasteiger charge is 2.38. The molecule has 7 rings (SSSR count). The molecule has 222 valence electrons. The van der Waals surface area contributed by atoms with Crippen LogP contribution in [0.5, 0.6) is 0 Å². The first-order chi connectivity index (χ1) is 20.0. The average molecular weight is 558 g/mol. The van der Waals surface area contributed by atoms with Crippen LogP contribution in [-0.2, 0) is 29.8 Å². The molecule has 2 fully saturated rings. The maximum atomic E-state index is 6.39. The van der Waals surface area contributed by atoms with Crippen LogP contribution in [-0.4, -0.2) is 42.0 Å². The van der Waals surface area contributed by atoms with Gasteiger partial charge in [-0.15, -0.1) is 0 Å². The third kappa shape index (κ3) is 6.06. The van der Waals surface area contributed by atoms with Crippen LogP contribution in [0.4, 0.5) is 5.69 Å². The first-order valence-corrected chi connectivity index (χ1v) is 16.0. The van der Waals surface area contributed by atoms with Crippen molar-refractivity contribution < 1.29 is 6.16 Å². The highest BCUT2D eigenvalue weighted by Crippen LogP contribution is 2.41. The number of aryl methyl sites for hydroxylation is 1. The molecule has 3 aliphatic heterocycles. The third-order valence-electron chi connectivity index (χ3n) is 9.77. The second-order valence-electron chi connectivity index (χ2n) is 12.5. The van der Waals surface area contributed by atoms with E-state index in [1.165, 1.54) is 78.5 Å². The SMILES string of the molecule is CC.CC1=CNC2Nc3ccc(CCCN4CCCC4)c(c3)COCC3CC3Cn3ccc4ccc(cc43)C1(C)N2.[HH]. The van der Waals surface area contributed by atoms with E-state index in [2.05, 4.69) is 94.1 Å². The van der Waals surface area contributed by atoms with E-state index in [4.69, 9.17) is 4.74 Å². The average Bonchev–Trinajstić information content (AvgIpc) is 3.32. The van der Waals surface area contributed by atoms with Crippen molar-refractivity contribution in [2.24, 2.45) is 11.8 Å². The normalized spacial score (nSPS) is 27.6. The van der Waals surface area contributed by atoms with E-state index in [1.54, 1.807) is 0 Å². The zero-order valence-electron chi connectivity index (χ0n) is 25.5. The van der Waals surface area contributed by atoms with E-state index in [9.17, 15) is 0 Å². The lowest BCUT2D eigenvalue weighted by atomic mass is 9.84. The molecule has 0 amide bonds. The van der Waals surface area contributed by atoms with E-state index in [0.717, 1.165) is 25.3 Å². The number of nitrogens with one attached hydrogen (secondary N) is 3. The van der Waals surface area contributed by atoms with Gasteiger partial charge < -0.3 is 24.8 Å². The summed E-state index contributed by atoms with van der Waals surface area (Å²) in [6, 6.07) is 16.1. The minimum absolute atomic E-state index is 0. The first-order valence-electron chi connectivity index (χ1n) is 16.0. The van der Waals surface area contributed by atoms with Crippen molar-refractivity contribution in [3.63, 3.8) is 0 Å². The number of fused-ring (bicyclic) bond motifs is 7. The fourth-order valence-corrected chi connectivity index (χ4v) is 6.91. The molecule has 6 bridgehead atoms. The zero-order chi connectivity index (χ0) is 28.4. The molecule has 0 spiro atoms. The Balaban J connectivity index is 0.00000115. The Kier molecular flexibility index (Phi) is 8.43. The zero-order valence-corrected chi connectivity index (χ0v) is 25.5. The van der Waals surface area contributed by atoms with Crippen molar-refractivity contribution in [2.75, 3.05) is 31.6 Å². The lowest BCUT2D eigenvalue weighted by Gasteiger charge is -2.41. The lowest BCUT2D eigenvalue weighted by molar-refractivity contribution is 0.106. The summed E-state index contributed by atoms with van der Waals surface area (Å²) in [6.07, 6.45) is 10.7. The van der Waals surface area contributed by atoms with Crippen molar-refractivity contribution in [2.45, 2.75) is 84.8 Å². The fourth-order valence-electron chi connectivity index (χ4n) is 6.91. The summed E-state index contributed by atoms with van der Waals surface area (Å²) in [4.78, 5) is 2.62. The van der Waals surface area contributed by atoms with Crippen LogP contribution in [0.2, 0.25) is 0 Å².